The van der Waals surface area contributed by atoms with E-state index in [0.717, 1.165) is 25.7 Å². The summed E-state index contributed by atoms with van der Waals surface area (Å²) in [7, 11) is 0. The van der Waals surface area contributed by atoms with Crippen LogP contribution in [0.4, 0.5) is 19.4 Å². The molecule has 0 unspecified atom stereocenters. The normalized spacial score (nSPS) is 20.7. The Morgan fingerprint density at radius 3 is 2.71 bits per heavy atom. The molecule has 166 valence electrons. The molecule has 0 radical (unpaired) electrons. The van der Waals surface area contributed by atoms with Crippen LogP contribution >= 0.6 is 0 Å². The number of carbonyl (C=O) groups excluding carboxylic acids is 1. The molecule has 1 amide bonds. The van der Waals surface area contributed by atoms with E-state index in [2.05, 4.69) is 25.4 Å². The first kappa shape index (κ1) is 19.9. The Kier molecular flexibility index (Phi) is 4.86. The molecule has 3 aliphatic rings. The van der Waals surface area contributed by atoms with Crippen molar-refractivity contribution in [3.05, 3.63) is 17.9 Å². The van der Waals surface area contributed by atoms with Crippen LogP contribution in [0.1, 0.15) is 43.4 Å². The molecule has 3 heterocycles. The van der Waals surface area contributed by atoms with Crippen molar-refractivity contribution in [1.29, 1.82) is 0 Å². The van der Waals surface area contributed by atoms with Crippen molar-refractivity contribution in [3.63, 3.8) is 0 Å². The average Bonchev–Trinajstić information content (AvgIpc) is 3.62. The number of aryl methyl sites for hydroxylation is 1. The highest BCUT2D eigenvalue weighted by atomic mass is 19.3. The van der Waals surface area contributed by atoms with Gasteiger partial charge in [0.05, 0.1) is 31.9 Å². The highest BCUT2D eigenvalue weighted by Crippen LogP contribution is 2.40. The molecule has 1 atom stereocenters. The Labute approximate surface area is 176 Å². The van der Waals surface area contributed by atoms with Gasteiger partial charge in [0.25, 0.3) is 11.8 Å². The number of nitrogens with one attached hydrogen (secondary N) is 1. The van der Waals surface area contributed by atoms with E-state index in [1.165, 1.54) is 11.1 Å². The van der Waals surface area contributed by atoms with Gasteiger partial charge in [-0.1, -0.05) is 5.16 Å². The molecule has 0 aromatic carbocycles. The molecule has 0 spiro atoms. The van der Waals surface area contributed by atoms with E-state index in [0.29, 0.717) is 24.2 Å². The van der Waals surface area contributed by atoms with Gasteiger partial charge in [0.1, 0.15) is 0 Å². The third-order valence-corrected chi connectivity index (χ3v) is 5.38. The zero-order chi connectivity index (χ0) is 21.6. The maximum atomic E-state index is 13.3. The minimum absolute atomic E-state index is 0.0836. The zero-order valence-corrected chi connectivity index (χ0v) is 16.9. The number of halogens is 2. The molecule has 10 nitrogen and oxygen atoms in total. The monoisotopic (exact) mass is 436 g/mol. The van der Waals surface area contributed by atoms with Crippen LogP contribution in [-0.4, -0.2) is 51.8 Å². The van der Waals surface area contributed by atoms with Gasteiger partial charge in [-0.05, 0) is 37.5 Å². The van der Waals surface area contributed by atoms with Gasteiger partial charge in [-0.25, -0.2) is 18.6 Å². The molecule has 5 rings (SSSR count). The van der Waals surface area contributed by atoms with Gasteiger partial charge in [0.2, 0.25) is 11.8 Å². The highest BCUT2D eigenvalue weighted by molar-refractivity contribution is 5.70. The Hall–Kier alpha value is -3.05. The fraction of sp³-hybridized carbons (Fsp3) is 0.632. The standard InChI is InChI=1S/C19H22F2N6O4/c1-10-23-15(26-31-10)14(12-4-5-12)25-18(28)30-13-6-22-16(27-8-19(20,21)9-27)17(24-13)29-7-11-2-3-11/h6,11-12,14H,2-5,7-9H2,1H3,(H,25,28)/t14-/m0/s1. The van der Waals surface area contributed by atoms with Crippen LogP contribution < -0.4 is 19.7 Å². The summed E-state index contributed by atoms with van der Waals surface area (Å²) in [5, 5.41) is 6.63. The SMILES string of the molecule is Cc1nc([C@@H](NC(=O)Oc2cnc(N3CC(F)(F)C3)c(OCC3CC3)n2)C2CC2)no1. The van der Waals surface area contributed by atoms with Crippen LogP contribution in [0.15, 0.2) is 10.7 Å². The third kappa shape index (κ3) is 4.67. The molecule has 12 heteroatoms. The molecule has 2 aromatic heterocycles. The quantitative estimate of drug-likeness (QED) is 0.667. The first-order valence-corrected chi connectivity index (χ1v) is 10.3. The Morgan fingerprint density at radius 1 is 1.32 bits per heavy atom. The van der Waals surface area contributed by atoms with Crippen LogP contribution in [0, 0.1) is 18.8 Å². The number of carbonyl (C=O) groups is 1. The van der Waals surface area contributed by atoms with Gasteiger partial charge in [0, 0.05) is 6.92 Å². The van der Waals surface area contributed by atoms with Crippen molar-refractivity contribution in [2.75, 3.05) is 24.6 Å². The van der Waals surface area contributed by atoms with E-state index in [1.54, 1.807) is 6.92 Å². The molecular formula is C19H22F2N6O4. The number of hydrogen-bond acceptors (Lipinski definition) is 9. The number of ether oxygens (including phenoxy) is 2. The predicted molar refractivity (Wildman–Crippen MR) is 101 cm³/mol. The third-order valence-electron chi connectivity index (χ3n) is 5.38. The van der Waals surface area contributed by atoms with Crippen molar-refractivity contribution in [3.8, 4) is 11.8 Å². The molecule has 2 aliphatic carbocycles. The Morgan fingerprint density at radius 2 is 2.10 bits per heavy atom. The second-order valence-corrected chi connectivity index (χ2v) is 8.32. The second-order valence-electron chi connectivity index (χ2n) is 8.32. The lowest BCUT2D eigenvalue weighted by molar-refractivity contribution is -0.0270. The summed E-state index contributed by atoms with van der Waals surface area (Å²) in [5.74, 6) is -1.09. The van der Waals surface area contributed by atoms with E-state index in [1.807, 2.05) is 0 Å². The average molecular weight is 436 g/mol. The van der Waals surface area contributed by atoms with Gasteiger partial charge in [-0.2, -0.15) is 9.97 Å². The number of hydrogen-bond donors (Lipinski definition) is 1. The van der Waals surface area contributed by atoms with Crippen molar-refractivity contribution >= 4 is 11.9 Å². The molecule has 0 bridgehead atoms. The number of alkyl halides is 2. The summed E-state index contributed by atoms with van der Waals surface area (Å²) in [6.07, 6.45) is 4.46. The van der Waals surface area contributed by atoms with Crippen LogP contribution in [0.2, 0.25) is 0 Å². The predicted octanol–water partition coefficient (Wildman–Crippen LogP) is 2.65. The summed E-state index contributed by atoms with van der Waals surface area (Å²) >= 11 is 0. The minimum atomic E-state index is -2.75. The van der Waals surface area contributed by atoms with E-state index < -0.39 is 31.1 Å². The maximum absolute atomic E-state index is 13.3. The second kappa shape index (κ2) is 7.57. The van der Waals surface area contributed by atoms with Crippen LogP contribution in [0.5, 0.6) is 11.8 Å². The molecule has 2 saturated carbocycles. The van der Waals surface area contributed by atoms with Crippen molar-refractivity contribution in [2.24, 2.45) is 11.8 Å². The van der Waals surface area contributed by atoms with Crippen molar-refractivity contribution < 1.29 is 27.6 Å². The van der Waals surface area contributed by atoms with Crippen molar-refractivity contribution in [2.45, 2.75) is 44.6 Å². The maximum Gasteiger partial charge on any atom is 0.414 e. The largest absolute Gasteiger partial charge is 0.475 e. The fourth-order valence-corrected chi connectivity index (χ4v) is 3.37. The lowest BCUT2D eigenvalue weighted by atomic mass is 10.1. The Bertz CT molecular complexity index is 970. The summed E-state index contributed by atoms with van der Waals surface area (Å²) < 4.78 is 42.6. The summed E-state index contributed by atoms with van der Waals surface area (Å²) in [5.41, 5.74) is 0. The van der Waals surface area contributed by atoms with Gasteiger partial charge < -0.3 is 24.2 Å². The highest BCUT2D eigenvalue weighted by Gasteiger charge is 2.46. The topological polar surface area (TPSA) is 116 Å². The van der Waals surface area contributed by atoms with E-state index >= 15 is 0 Å². The van der Waals surface area contributed by atoms with E-state index in [-0.39, 0.29) is 23.5 Å². The van der Waals surface area contributed by atoms with E-state index in [4.69, 9.17) is 14.0 Å². The van der Waals surface area contributed by atoms with Gasteiger partial charge >= 0.3 is 6.09 Å². The summed E-state index contributed by atoms with van der Waals surface area (Å²) in [4.78, 5) is 26.4. The first-order valence-electron chi connectivity index (χ1n) is 10.3. The minimum Gasteiger partial charge on any atom is -0.475 e. The van der Waals surface area contributed by atoms with E-state index in [9.17, 15) is 13.6 Å². The van der Waals surface area contributed by atoms with Gasteiger partial charge in [-0.3, -0.25) is 0 Å². The lowest BCUT2D eigenvalue weighted by Crippen LogP contribution is -2.56. The molecule has 3 fully saturated rings. The molecule has 1 N–H and O–H groups in total. The first-order chi connectivity index (χ1) is 14.9. The number of aromatic nitrogens is 4. The number of rotatable bonds is 8. The van der Waals surface area contributed by atoms with Gasteiger partial charge in [0.15, 0.2) is 11.6 Å². The fourth-order valence-electron chi connectivity index (χ4n) is 3.37. The molecule has 2 aromatic rings. The summed E-state index contributed by atoms with van der Waals surface area (Å²) in [6, 6.07) is -0.425. The lowest BCUT2D eigenvalue weighted by Gasteiger charge is -2.39. The smallest absolute Gasteiger partial charge is 0.414 e. The number of nitrogens with zero attached hydrogens (tertiary/aromatic N) is 5. The van der Waals surface area contributed by atoms with Crippen molar-refractivity contribution in [1.82, 2.24) is 25.4 Å². The van der Waals surface area contributed by atoms with Crippen LogP contribution in [0.3, 0.4) is 0 Å². The van der Waals surface area contributed by atoms with Crippen LogP contribution in [-0.2, 0) is 0 Å². The van der Waals surface area contributed by atoms with Gasteiger partial charge in [-0.15, -0.1) is 0 Å². The molecule has 31 heavy (non-hydrogen) atoms. The van der Waals surface area contributed by atoms with Crippen LogP contribution in [0.25, 0.3) is 0 Å². The molecule has 1 saturated heterocycles. The number of anilines is 1. The Balaban J connectivity index is 1.27. The zero-order valence-electron chi connectivity index (χ0n) is 16.9. The molecular weight excluding hydrogens is 414 g/mol. The number of amides is 1. The summed E-state index contributed by atoms with van der Waals surface area (Å²) in [6.45, 7) is 1.19. The molecule has 1 aliphatic heterocycles.